The summed E-state index contributed by atoms with van der Waals surface area (Å²) in [6.45, 7) is 0.302. The van der Waals surface area contributed by atoms with E-state index in [0.717, 1.165) is 36.6 Å². The first kappa shape index (κ1) is 14.8. The monoisotopic (exact) mass is 345 g/mol. The van der Waals surface area contributed by atoms with Gasteiger partial charge in [0.15, 0.2) is 0 Å². The van der Waals surface area contributed by atoms with E-state index in [1.165, 1.54) is 0 Å². The summed E-state index contributed by atoms with van der Waals surface area (Å²) in [4.78, 5) is 12.0. The molecule has 0 radical (unpaired) electrons. The summed E-state index contributed by atoms with van der Waals surface area (Å²) in [6.07, 6.45) is 4.72. The minimum atomic E-state index is -0.746. The van der Waals surface area contributed by atoms with Crippen LogP contribution in [0, 0.1) is 0 Å². The van der Waals surface area contributed by atoms with Gasteiger partial charge in [-0.2, -0.15) is 0 Å². The van der Waals surface area contributed by atoms with Crippen LogP contribution in [0.4, 0.5) is 0 Å². The fraction of sp³-hybridized carbons (Fsp3) is 0.500. The van der Waals surface area contributed by atoms with Crippen LogP contribution in [0.2, 0.25) is 5.02 Å². The number of carbonyl (C=O) groups is 1. The van der Waals surface area contributed by atoms with Gasteiger partial charge in [0.2, 0.25) is 0 Å². The highest BCUT2D eigenvalue weighted by Crippen LogP contribution is 2.27. The maximum atomic E-state index is 12.0. The van der Waals surface area contributed by atoms with Crippen molar-refractivity contribution in [3.05, 3.63) is 33.3 Å². The summed E-state index contributed by atoms with van der Waals surface area (Å²) in [5.41, 5.74) is -0.247. The normalized spacial score (nSPS) is 18.1. The summed E-state index contributed by atoms with van der Waals surface area (Å²) in [6, 6.07) is 5.06. The Hall–Kier alpha value is -0.580. The summed E-state index contributed by atoms with van der Waals surface area (Å²) in [5.74, 6) is -0.206. The van der Waals surface area contributed by atoms with Crippen molar-refractivity contribution in [2.45, 2.75) is 37.7 Å². The van der Waals surface area contributed by atoms with E-state index in [4.69, 9.17) is 11.6 Å². The van der Waals surface area contributed by atoms with Crippen LogP contribution >= 0.6 is 27.5 Å². The predicted molar refractivity (Wildman–Crippen MR) is 79.5 cm³/mol. The second-order valence-corrected chi connectivity index (χ2v) is 6.48. The van der Waals surface area contributed by atoms with Gasteiger partial charge in [0.1, 0.15) is 0 Å². The fourth-order valence-electron chi connectivity index (χ4n) is 2.42. The fourth-order valence-corrected chi connectivity index (χ4v) is 3.28. The molecule has 1 aromatic rings. The van der Waals surface area contributed by atoms with E-state index < -0.39 is 5.60 Å². The molecule has 0 aliphatic heterocycles. The van der Waals surface area contributed by atoms with Gasteiger partial charge in [-0.1, -0.05) is 46.8 Å². The van der Waals surface area contributed by atoms with E-state index in [2.05, 4.69) is 21.2 Å². The van der Waals surface area contributed by atoms with Crippen LogP contribution in [0.1, 0.15) is 42.5 Å². The number of benzene rings is 1. The first-order valence-electron chi connectivity index (χ1n) is 6.45. The number of aliphatic hydroxyl groups is 1. The van der Waals surface area contributed by atoms with E-state index in [-0.39, 0.29) is 5.91 Å². The number of nitrogens with one attached hydrogen (secondary N) is 1. The molecule has 2 N–H and O–H groups in total. The molecule has 2 rings (SSSR count). The molecule has 5 heteroatoms. The van der Waals surface area contributed by atoms with Gasteiger partial charge in [-0.3, -0.25) is 4.79 Å². The standard InChI is InChI=1S/C14H17BrClNO2/c15-11-6-10(7-12(16)8-11)13(18)17-9-14(19)4-2-1-3-5-14/h6-8,19H,1-5,9H2,(H,17,18). The summed E-state index contributed by atoms with van der Waals surface area (Å²) < 4.78 is 0.765. The van der Waals surface area contributed by atoms with Crippen molar-refractivity contribution in [3.8, 4) is 0 Å². The van der Waals surface area contributed by atoms with Crippen LogP contribution in [-0.2, 0) is 0 Å². The zero-order chi connectivity index (χ0) is 13.9. The first-order valence-corrected chi connectivity index (χ1v) is 7.62. The van der Waals surface area contributed by atoms with Gasteiger partial charge in [0.05, 0.1) is 5.60 Å². The van der Waals surface area contributed by atoms with Gasteiger partial charge in [-0.05, 0) is 31.0 Å². The van der Waals surface area contributed by atoms with Crippen molar-refractivity contribution < 1.29 is 9.90 Å². The Morgan fingerprint density at radius 2 is 2.00 bits per heavy atom. The molecule has 1 aromatic carbocycles. The van der Waals surface area contributed by atoms with Crippen molar-refractivity contribution in [2.75, 3.05) is 6.54 Å². The Morgan fingerprint density at radius 1 is 1.32 bits per heavy atom. The molecule has 0 saturated heterocycles. The second kappa shape index (κ2) is 6.25. The molecule has 0 aromatic heterocycles. The minimum Gasteiger partial charge on any atom is -0.388 e. The number of hydrogen-bond acceptors (Lipinski definition) is 2. The van der Waals surface area contributed by atoms with Crippen LogP contribution in [0.3, 0.4) is 0 Å². The summed E-state index contributed by atoms with van der Waals surface area (Å²) in [7, 11) is 0. The van der Waals surface area contributed by atoms with Crippen LogP contribution in [0.25, 0.3) is 0 Å². The third-order valence-corrected chi connectivity index (χ3v) is 4.16. The minimum absolute atomic E-state index is 0.206. The highest BCUT2D eigenvalue weighted by Gasteiger charge is 2.29. The third kappa shape index (κ3) is 4.20. The SMILES string of the molecule is O=C(NCC1(O)CCCCC1)c1cc(Cl)cc(Br)c1. The molecule has 0 bridgehead atoms. The van der Waals surface area contributed by atoms with Crippen molar-refractivity contribution in [3.63, 3.8) is 0 Å². The number of carbonyl (C=O) groups excluding carboxylic acids is 1. The average Bonchev–Trinajstić information content (AvgIpc) is 2.36. The summed E-state index contributed by atoms with van der Waals surface area (Å²) in [5, 5.41) is 13.6. The molecule has 0 atom stereocenters. The van der Waals surface area contributed by atoms with E-state index in [0.29, 0.717) is 17.1 Å². The Labute approximate surface area is 126 Å². The largest absolute Gasteiger partial charge is 0.388 e. The Bertz CT molecular complexity index is 452. The zero-order valence-electron chi connectivity index (χ0n) is 10.6. The molecule has 104 valence electrons. The van der Waals surface area contributed by atoms with E-state index in [1.54, 1.807) is 18.2 Å². The lowest BCUT2D eigenvalue weighted by Crippen LogP contribution is -2.44. The zero-order valence-corrected chi connectivity index (χ0v) is 12.9. The molecule has 1 aliphatic rings. The Balaban J connectivity index is 1.97. The molecule has 3 nitrogen and oxygen atoms in total. The molecule has 1 fully saturated rings. The molecule has 1 aliphatic carbocycles. The summed E-state index contributed by atoms with van der Waals surface area (Å²) >= 11 is 9.22. The van der Waals surface area contributed by atoms with Crippen LogP contribution < -0.4 is 5.32 Å². The van der Waals surface area contributed by atoms with Gasteiger partial charge in [0.25, 0.3) is 5.91 Å². The number of hydrogen-bond donors (Lipinski definition) is 2. The topological polar surface area (TPSA) is 49.3 Å². The van der Waals surface area contributed by atoms with Crippen LogP contribution in [-0.4, -0.2) is 23.2 Å². The highest BCUT2D eigenvalue weighted by molar-refractivity contribution is 9.10. The lowest BCUT2D eigenvalue weighted by Gasteiger charge is -2.32. The lowest BCUT2D eigenvalue weighted by molar-refractivity contribution is 0.00526. The van der Waals surface area contributed by atoms with Crippen LogP contribution in [0.5, 0.6) is 0 Å². The van der Waals surface area contributed by atoms with E-state index in [1.807, 2.05) is 0 Å². The molecule has 0 heterocycles. The maximum Gasteiger partial charge on any atom is 0.251 e. The van der Waals surface area contributed by atoms with Crippen molar-refractivity contribution in [1.82, 2.24) is 5.32 Å². The Morgan fingerprint density at radius 3 is 2.63 bits per heavy atom. The number of rotatable bonds is 3. The molecule has 0 unspecified atom stereocenters. The molecule has 19 heavy (non-hydrogen) atoms. The third-order valence-electron chi connectivity index (χ3n) is 3.49. The molecular formula is C14H17BrClNO2. The van der Waals surface area contributed by atoms with Gasteiger partial charge < -0.3 is 10.4 Å². The molecule has 1 saturated carbocycles. The molecular weight excluding hydrogens is 330 g/mol. The highest BCUT2D eigenvalue weighted by atomic mass is 79.9. The average molecular weight is 347 g/mol. The van der Waals surface area contributed by atoms with Crippen molar-refractivity contribution in [1.29, 1.82) is 0 Å². The first-order chi connectivity index (χ1) is 8.98. The smallest absolute Gasteiger partial charge is 0.251 e. The van der Waals surface area contributed by atoms with E-state index in [9.17, 15) is 9.90 Å². The maximum absolute atomic E-state index is 12.0. The lowest BCUT2D eigenvalue weighted by atomic mass is 9.85. The Kier molecular flexibility index (Phi) is 4.87. The van der Waals surface area contributed by atoms with Crippen LogP contribution in [0.15, 0.2) is 22.7 Å². The predicted octanol–water partition coefficient (Wildman–Crippen LogP) is 3.53. The van der Waals surface area contributed by atoms with Gasteiger partial charge in [0, 0.05) is 21.6 Å². The molecule has 0 spiro atoms. The van der Waals surface area contributed by atoms with Gasteiger partial charge >= 0.3 is 0 Å². The van der Waals surface area contributed by atoms with E-state index >= 15 is 0 Å². The number of amides is 1. The van der Waals surface area contributed by atoms with Crippen molar-refractivity contribution in [2.24, 2.45) is 0 Å². The van der Waals surface area contributed by atoms with Crippen molar-refractivity contribution >= 4 is 33.4 Å². The second-order valence-electron chi connectivity index (χ2n) is 5.13. The quantitative estimate of drug-likeness (QED) is 0.879. The number of halogens is 2. The molecule has 1 amide bonds. The van der Waals surface area contributed by atoms with Gasteiger partial charge in [-0.25, -0.2) is 0 Å². The van der Waals surface area contributed by atoms with Gasteiger partial charge in [-0.15, -0.1) is 0 Å².